The van der Waals surface area contributed by atoms with Crippen molar-refractivity contribution in [1.82, 2.24) is 4.90 Å². The summed E-state index contributed by atoms with van der Waals surface area (Å²) in [4.78, 5) is 30.1. The fourth-order valence-corrected chi connectivity index (χ4v) is 2.83. The van der Waals surface area contributed by atoms with Gasteiger partial charge in [0, 0.05) is 18.3 Å². The number of carbonyl (C=O) groups is 2. The highest BCUT2D eigenvalue weighted by molar-refractivity contribution is 6.02. The lowest BCUT2D eigenvalue weighted by Crippen LogP contribution is -2.58. The average Bonchev–Trinajstić information content (AvgIpc) is 2.52. The van der Waals surface area contributed by atoms with Crippen LogP contribution in [0.5, 0.6) is 0 Å². The molecule has 0 fully saturated rings. The molecule has 0 radical (unpaired) electrons. The summed E-state index contributed by atoms with van der Waals surface area (Å²) in [7, 11) is 1.50. The van der Waals surface area contributed by atoms with E-state index < -0.39 is 28.3 Å². The molecule has 0 aliphatic carbocycles. The van der Waals surface area contributed by atoms with E-state index in [1.54, 1.807) is 20.8 Å². The van der Waals surface area contributed by atoms with E-state index in [-0.39, 0.29) is 23.1 Å². The second-order valence-electron chi connectivity index (χ2n) is 7.65. The van der Waals surface area contributed by atoms with Gasteiger partial charge in [-0.15, -0.1) is 0 Å². The van der Waals surface area contributed by atoms with Crippen LogP contribution >= 0.6 is 0 Å². The second-order valence-corrected chi connectivity index (χ2v) is 7.65. The maximum atomic E-state index is 14.6. The number of hydrogen-bond acceptors (Lipinski definition) is 4. The molecule has 2 rings (SSSR count). The van der Waals surface area contributed by atoms with E-state index in [1.165, 1.54) is 24.1 Å². The number of benzene rings is 1. The average molecular weight is 366 g/mol. The zero-order valence-corrected chi connectivity index (χ0v) is 15.8. The molecule has 2 amide bonds. The van der Waals surface area contributed by atoms with E-state index in [9.17, 15) is 18.4 Å². The number of amides is 2. The summed E-state index contributed by atoms with van der Waals surface area (Å²) in [5.74, 6) is -1.81. The number of hydrogen-bond donors (Lipinski definition) is 2. The molecule has 0 saturated heterocycles. The van der Waals surface area contributed by atoms with E-state index in [0.717, 1.165) is 19.9 Å². The number of rotatable bonds is 3. The molecule has 26 heavy (non-hydrogen) atoms. The van der Waals surface area contributed by atoms with Crippen LogP contribution in [0.2, 0.25) is 0 Å². The number of anilines is 1. The van der Waals surface area contributed by atoms with Crippen LogP contribution < -0.4 is 11.1 Å². The summed E-state index contributed by atoms with van der Waals surface area (Å²) in [5, 5.41) is 2.41. The van der Waals surface area contributed by atoms with Crippen molar-refractivity contribution in [3.8, 4) is 0 Å². The molecule has 1 unspecified atom stereocenters. The molecule has 1 aliphatic rings. The van der Waals surface area contributed by atoms with Crippen LogP contribution in [0.15, 0.2) is 23.2 Å². The maximum Gasteiger partial charge on any atom is 0.261 e. The zero-order chi connectivity index (χ0) is 20.1. The number of aliphatic imine (C=N–C) groups is 1. The molecule has 0 saturated carbocycles. The van der Waals surface area contributed by atoms with Gasteiger partial charge in [-0.05, 0) is 52.8 Å². The molecule has 0 spiro atoms. The molecular formula is C18H24F2N4O2. The van der Waals surface area contributed by atoms with Gasteiger partial charge in [0.25, 0.3) is 5.91 Å². The van der Waals surface area contributed by atoms with Gasteiger partial charge in [0.1, 0.15) is 11.4 Å². The molecule has 0 aromatic heterocycles. The first-order valence-electron chi connectivity index (χ1n) is 8.15. The third-order valence-electron chi connectivity index (χ3n) is 5.03. The quantitative estimate of drug-likeness (QED) is 0.862. The van der Waals surface area contributed by atoms with Crippen LogP contribution in [-0.2, 0) is 15.1 Å². The van der Waals surface area contributed by atoms with E-state index in [4.69, 9.17) is 5.73 Å². The van der Waals surface area contributed by atoms with E-state index in [1.807, 2.05) is 0 Å². The number of alkyl halides is 1. The molecule has 8 heteroatoms. The molecule has 142 valence electrons. The smallest absolute Gasteiger partial charge is 0.261 e. The molecule has 1 aliphatic heterocycles. The van der Waals surface area contributed by atoms with Gasteiger partial charge < -0.3 is 11.1 Å². The number of nitrogens with one attached hydrogen (secondary N) is 1. The summed E-state index contributed by atoms with van der Waals surface area (Å²) in [6.07, 6.45) is 0. The monoisotopic (exact) mass is 366 g/mol. The Kier molecular flexibility index (Phi) is 4.60. The minimum absolute atomic E-state index is 0.0319. The van der Waals surface area contributed by atoms with Gasteiger partial charge in [-0.3, -0.25) is 14.5 Å². The molecule has 1 aromatic carbocycles. The van der Waals surface area contributed by atoms with Crippen LogP contribution in [0.1, 0.15) is 40.2 Å². The molecule has 1 atom stereocenters. The zero-order valence-electron chi connectivity index (χ0n) is 15.8. The van der Waals surface area contributed by atoms with Crippen molar-refractivity contribution in [2.24, 2.45) is 16.1 Å². The Morgan fingerprint density at radius 3 is 2.42 bits per heavy atom. The van der Waals surface area contributed by atoms with Gasteiger partial charge >= 0.3 is 0 Å². The summed E-state index contributed by atoms with van der Waals surface area (Å²) >= 11 is 0. The van der Waals surface area contributed by atoms with Crippen molar-refractivity contribution >= 4 is 23.5 Å². The lowest BCUT2D eigenvalue weighted by molar-refractivity contribution is -0.140. The van der Waals surface area contributed by atoms with Crippen molar-refractivity contribution in [3.05, 3.63) is 29.6 Å². The van der Waals surface area contributed by atoms with Gasteiger partial charge in [0.05, 0.1) is 5.41 Å². The predicted octanol–water partition coefficient (Wildman–Crippen LogP) is 2.54. The van der Waals surface area contributed by atoms with Crippen molar-refractivity contribution in [1.29, 1.82) is 0 Å². The lowest BCUT2D eigenvalue weighted by atomic mass is 9.67. The predicted molar refractivity (Wildman–Crippen MR) is 95.7 cm³/mol. The standard InChI is InChI=1S/C18H24F2N4O2/c1-16(2)14(26)24(6)15(21)23-18(16,5)11-9-10(7-8-12(11)19)22-13(25)17(3,4)20/h7-9H,1-6H3,(H2,21,23)(H,22,25). The fraction of sp³-hybridized carbons (Fsp3) is 0.500. The lowest BCUT2D eigenvalue weighted by Gasteiger charge is -2.46. The van der Waals surface area contributed by atoms with Gasteiger partial charge in [-0.2, -0.15) is 0 Å². The number of nitrogens with two attached hydrogens (primary N) is 1. The number of guanidine groups is 1. The summed E-state index contributed by atoms with van der Waals surface area (Å²) in [6, 6.07) is 3.82. The molecule has 0 bridgehead atoms. The minimum Gasteiger partial charge on any atom is -0.369 e. The highest BCUT2D eigenvalue weighted by atomic mass is 19.1. The Balaban J connectivity index is 2.58. The van der Waals surface area contributed by atoms with Gasteiger partial charge in [0.15, 0.2) is 11.6 Å². The first-order valence-corrected chi connectivity index (χ1v) is 8.15. The number of carbonyl (C=O) groups excluding carboxylic acids is 2. The molecule has 1 heterocycles. The Morgan fingerprint density at radius 1 is 1.31 bits per heavy atom. The third-order valence-corrected chi connectivity index (χ3v) is 5.03. The first kappa shape index (κ1) is 19.8. The highest BCUT2D eigenvalue weighted by Gasteiger charge is 2.53. The largest absolute Gasteiger partial charge is 0.369 e. The number of nitrogens with zero attached hydrogens (tertiary/aromatic N) is 2. The van der Waals surface area contributed by atoms with E-state index in [2.05, 4.69) is 10.3 Å². The molecular weight excluding hydrogens is 342 g/mol. The summed E-state index contributed by atoms with van der Waals surface area (Å²) in [6.45, 7) is 7.15. The first-order chi connectivity index (χ1) is 11.7. The van der Waals surface area contributed by atoms with E-state index in [0.29, 0.717) is 0 Å². The summed E-state index contributed by atoms with van der Waals surface area (Å²) < 4.78 is 28.4. The van der Waals surface area contributed by atoms with Gasteiger partial charge in [0.2, 0.25) is 5.91 Å². The Labute approximate surface area is 151 Å². The minimum atomic E-state index is -2.09. The molecule has 1 aromatic rings. The van der Waals surface area contributed by atoms with Crippen molar-refractivity contribution in [2.75, 3.05) is 12.4 Å². The van der Waals surface area contributed by atoms with E-state index >= 15 is 0 Å². The van der Waals surface area contributed by atoms with Gasteiger partial charge in [-0.25, -0.2) is 13.8 Å². The van der Waals surface area contributed by atoms with Crippen molar-refractivity contribution in [3.63, 3.8) is 0 Å². The fourth-order valence-electron chi connectivity index (χ4n) is 2.83. The topological polar surface area (TPSA) is 87.8 Å². The third kappa shape index (κ3) is 3.04. The SMILES string of the molecule is CN1C(=O)C(C)(C)C(C)(c2cc(NC(=O)C(C)(C)F)ccc2F)N=C1N. The number of halogens is 2. The van der Waals surface area contributed by atoms with Crippen LogP contribution in [0.25, 0.3) is 0 Å². The van der Waals surface area contributed by atoms with Gasteiger partial charge in [-0.1, -0.05) is 0 Å². The van der Waals surface area contributed by atoms with Crippen LogP contribution in [0.3, 0.4) is 0 Å². The maximum absolute atomic E-state index is 14.6. The summed E-state index contributed by atoms with van der Waals surface area (Å²) in [5.41, 5.74) is 1.62. The normalized spacial score (nSPS) is 22.8. The highest BCUT2D eigenvalue weighted by Crippen LogP contribution is 2.47. The van der Waals surface area contributed by atoms with Crippen LogP contribution in [0, 0.1) is 11.2 Å². The Morgan fingerprint density at radius 2 is 1.88 bits per heavy atom. The van der Waals surface area contributed by atoms with Crippen LogP contribution in [-0.4, -0.2) is 35.4 Å². The molecule has 3 N–H and O–H groups in total. The Hall–Kier alpha value is -2.51. The molecule has 6 nitrogen and oxygen atoms in total. The van der Waals surface area contributed by atoms with Crippen molar-refractivity contribution in [2.45, 2.75) is 45.8 Å². The van der Waals surface area contributed by atoms with Crippen molar-refractivity contribution < 1.29 is 18.4 Å². The van der Waals surface area contributed by atoms with Crippen LogP contribution in [0.4, 0.5) is 14.5 Å². The second kappa shape index (κ2) is 6.03. The Bertz CT molecular complexity index is 799.